The minimum absolute atomic E-state index is 0.317. The first-order chi connectivity index (χ1) is 8.79. The van der Waals surface area contributed by atoms with Crippen LogP contribution in [0.15, 0.2) is 30.5 Å². The van der Waals surface area contributed by atoms with E-state index in [4.69, 9.17) is 9.47 Å². The van der Waals surface area contributed by atoms with Crippen molar-refractivity contribution in [2.75, 3.05) is 6.61 Å². The maximum Gasteiger partial charge on any atom is 0.513 e. The number of hydrogen-bond acceptors (Lipinski definition) is 3. The number of benzene rings is 1. The molecule has 0 radical (unpaired) electrons. The summed E-state index contributed by atoms with van der Waals surface area (Å²) in [5.41, 5.74) is 1.11. The van der Waals surface area contributed by atoms with E-state index in [1.807, 2.05) is 18.2 Å². The predicted molar refractivity (Wildman–Crippen MR) is 67.9 cm³/mol. The highest BCUT2D eigenvalue weighted by atomic mass is 16.7. The molecule has 4 heteroatoms. The van der Waals surface area contributed by atoms with Gasteiger partial charge in [0.15, 0.2) is 0 Å². The maximum atomic E-state index is 11.4. The molecular formula is C14H15NO3. The zero-order chi connectivity index (χ0) is 12.5. The topological polar surface area (TPSA) is 40.5 Å². The van der Waals surface area contributed by atoms with Crippen LogP contribution in [0.2, 0.25) is 0 Å². The second kappa shape index (κ2) is 4.37. The lowest BCUT2D eigenvalue weighted by molar-refractivity contribution is 0.105. The summed E-state index contributed by atoms with van der Waals surface area (Å²) in [6, 6.07) is 8.33. The van der Waals surface area contributed by atoms with Gasteiger partial charge in [-0.15, -0.1) is 0 Å². The quantitative estimate of drug-likeness (QED) is 0.613. The fourth-order valence-electron chi connectivity index (χ4n) is 2.16. The Kier molecular flexibility index (Phi) is 2.70. The Morgan fingerprint density at radius 3 is 2.94 bits per heavy atom. The smallest absolute Gasteiger partial charge is 0.434 e. The van der Waals surface area contributed by atoms with Crippen molar-refractivity contribution in [2.24, 2.45) is 0 Å². The summed E-state index contributed by atoms with van der Waals surface area (Å²) in [6.07, 6.45) is 3.86. The zero-order valence-corrected chi connectivity index (χ0v) is 10.3. The summed E-state index contributed by atoms with van der Waals surface area (Å²) in [4.78, 5) is 11.4. The highest BCUT2D eigenvalue weighted by Gasteiger charge is 2.25. The Morgan fingerprint density at radius 2 is 2.22 bits per heavy atom. The Bertz CT molecular complexity index is 584. The van der Waals surface area contributed by atoms with Crippen LogP contribution in [0.25, 0.3) is 10.9 Å². The third kappa shape index (κ3) is 1.94. The lowest BCUT2D eigenvalue weighted by Gasteiger charge is -2.06. The molecule has 1 aromatic carbocycles. The van der Waals surface area contributed by atoms with Gasteiger partial charge in [0.1, 0.15) is 5.75 Å². The van der Waals surface area contributed by atoms with Gasteiger partial charge < -0.3 is 14.0 Å². The molecule has 0 amide bonds. The molecule has 0 N–H and O–H groups in total. The Balaban J connectivity index is 1.94. The van der Waals surface area contributed by atoms with E-state index in [9.17, 15) is 4.79 Å². The zero-order valence-electron chi connectivity index (χ0n) is 10.3. The van der Waals surface area contributed by atoms with E-state index in [0.29, 0.717) is 18.4 Å². The van der Waals surface area contributed by atoms with Crippen molar-refractivity contribution in [3.63, 3.8) is 0 Å². The van der Waals surface area contributed by atoms with Crippen LogP contribution >= 0.6 is 0 Å². The van der Waals surface area contributed by atoms with E-state index < -0.39 is 6.16 Å². The van der Waals surface area contributed by atoms with Gasteiger partial charge >= 0.3 is 6.16 Å². The van der Waals surface area contributed by atoms with Crippen LogP contribution in [0.4, 0.5) is 4.79 Å². The number of carbonyl (C=O) groups excluding carboxylic acids is 1. The van der Waals surface area contributed by atoms with Crippen LogP contribution in [0.5, 0.6) is 5.75 Å². The molecule has 1 saturated carbocycles. The Hall–Kier alpha value is -1.97. The van der Waals surface area contributed by atoms with E-state index in [2.05, 4.69) is 10.8 Å². The summed E-state index contributed by atoms with van der Waals surface area (Å²) >= 11 is 0. The summed E-state index contributed by atoms with van der Waals surface area (Å²) in [5.74, 6) is 0.561. The molecule has 3 rings (SSSR count). The van der Waals surface area contributed by atoms with Crippen LogP contribution < -0.4 is 4.74 Å². The molecule has 18 heavy (non-hydrogen) atoms. The van der Waals surface area contributed by atoms with E-state index in [-0.39, 0.29) is 0 Å². The number of nitrogens with zero attached hydrogens (tertiary/aromatic N) is 1. The average Bonchev–Trinajstić information content (AvgIpc) is 3.10. The van der Waals surface area contributed by atoms with Crippen molar-refractivity contribution >= 4 is 17.1 Å². The van der Waals surface area contributed by atoms with Crippen LogP contribution in [0.1, 0.15) is 25.8 Å². The van der Waals surface area contributed by atoms with Gasteiger partial charge in [-0.1, -0.05) is 6.07 Å². The van der Waals surface area contributed by atoms with Crippen LogP contribution in [-0.2, 0) is 4.74 Å². The second-order valence-corrected chi connectivity index (χ2v) is 4.43. The molecule has 0 atom stereocenters. The van der Waals surface area contributed by atoms with Gasteiger partial charge in [-0.2, -0.15) is 0 Å². The number of fused-ring (bicyclic) bond motifs is 1. The van der Waals surface area contributed by atoms with Crippen molar-refractivity contribution in [3.05, 3.63) is 30.5 Å². The van der Waals surface area contributed by atoms with Crippen molar-refractivity contribution in [1.82, 2.24) is 4.57 Å². The lowest BCUT2D eigenvalue weighted by Crippen LogP contribution is -2.10. The van der Waals surface area contributed by atoms with Gasteiger partial charge in [-0.3, -0.25) is 0 Å². The number of hydrogen-bond donors (Lipinski definition) is 0. The molecule has 1 aliphatic carbocycles. The molecule has 1 heterocycles. The summed E-state index contributed by atoms with van der Waals surface area (Å²) in [6.45, 7) is 2.07. The molecule has 1 aliphatic rings. The number of carbonyl (C=O) groups is 1. The normalized spacial score (nSPS) is 14.7. The fraction of sp³-hybridized carbons (Fsp3) is 0.357. The van der Waals surface area contributed by atoms with Crippen LogP contribution in [0.3, 0.4) is 0 Å². The third-order valence-corrected chi connectivity index (χ3v) is 3.12. The largest absolute Gasteiger partial charge is 0.513 e. The average molecular weight is 245 g/mol. The van der Waals surface area contributed by atoms with Crippen LogP contribution in [-0.4, -0.2) is 17.3 Å². The SMILES string of the molecule is CCOC(=O)Oc1cccc2c1ccn2C1CC1. The fourth-order valence-corrected chi connectivity index (χ4v) is 2.16. The minimum Gasteiger partial charge on any atom is -0.434 e. The van der Waals surface area contributed by atoms with Crippen LogP contribution in [0, 0.1) is 0 Å². The highest BCUT2D eigenvalue weighted by Crippen LogP contribution is 2.39. The molecule has 2 aromatic rings. The molecule has 0 unspecified atom stereocenters. The van der Waals surface area contributed by atoms with E-state index in [1.54, 1.807) is 13.0 Å². The van der Waals surface area contributed by atoms with Crippen molar-refractivity contribution in [3.8, 4) is 5.75 Å². The summed E-state index contributed by atoms with van der Waals surface area (Å²) in [7, 11) is 0. The monoisotopic (exact) mass is 245 g/mol. The minimum atomic E-state index is -0.649. The van der Waals surface area contributed by atoms with Crippen molar-refractivity contribution < 1.29 is 14.3 Å². The van der Waals surface area contributed by atoms with Gasteiger partial charge in [0, 0.05) is 17.6 Å². The van der Waals surface area contributed by atoms with Gasteiger partial charge in [-0.25, -0.2) is 4.79 Å². The Labute approximate surface area is 105 Å². The highest BCUT2D eigenvalue weighted by molar-refractivity contribution is 5.88. The van der Waals surface area contributed by atoms with Gasteiger partial charge in [0.05, 0.1) is 12.1 Å². The van der Waals surface area contributed by atoms with Crippen molar-refractivity contribution in [1.29, 1.82) is 0 Å². The Morgan fingerprint density at radius 1 is 1.39 bits per heavy atom. The molecule has 1 fully saturated rings. The first-order valence-electron chi connectivity index (χ1n) is 6.23. The molecule has 94 valence electrons. The van der Waals surface area contributed by atoms with Gasteiger partial charge in [0.2, 0.25) is 0 Å². The van der Waals surface area contributed by atoms with Gasteiger partial charge in [-0.05, 0) is 38.0 Å². The first kappa shape index (κ1) is 11.1. The number of aromatic nitrogens is 1. The first-order valence-corrected chi connectivity index (χ1v) is 6.23. The predicted octanol–water partition coefficient (Wildman–Crippen LogP) is 3.51. The third-order valence-electron chi connectivity index (χ3n) is 3.12. The number of rotatable bonds is 3. The molecule has 0 bridgehead atoms. The van der Waals surface area contributed by atoms with E-state index in [0.717, 1.165) is 10.9 Å². The molecule has 0 aliphatic heterocycles. The summed E-state index contributed by atoms with van der Waals surface area (Å²) < 4.78 is 12.2. The van der Waals surface area contributed by atoms with Gasteiger partial charge in [0.25, 0.3) is 0 Å². The second-order valence-electron chi connectivity index (χ2n) is 4.43. The van der Waals surface area contributed by atoms with Crippen molar-refractivity contribution in [2.45, 2.75) is 25.8 Å². The summed E-state index contributed by atoms with van der Waals surface area (Å²) in [5, 5.41) is 0.956. The van der Waals surface area contributed by atoms with E-state index >= 15 is 0 Å². The lowest BCUT2D eigenvalue weighted by atomic mass is 10.2. The molecule has 4 nitrogen and oxygen atoms in total. The molecule has 0 spiro atoms. The van der Waals surface area contributed by atoms with E-state index in [1.165, 1.54) is 12.8 Å². The molecule has 1 aromatic heterocycles. The standard InChI is InChI=1S/C14H15NO3/c1-2-17-14(16)18-13-5-3-4-12-11(13)8-9-15(12)10-6-7-10/h3-5,8-10H,2,6-7H2,1H3. The number of ether oxygens (including phenoxy) is 2. The molecular weight excluding hydrogens is 230 g/mol. The molecule has 0 saturated heterocycles. The maximum absolute atomic E-state index is 11.4.